The lowest BCUT2D eigenvalue weighted by Crippen LogP contribution is -2.14. The fraction of sp³-hybridized carbons (Fsp3) is 0.250. The van der Waals surface area contributed by atoms with Crippen molar-refractivity contribution in [2.45, 2.75) is 19.9 Å². The van der Waals surface area contributed by atoms with Crippen LogP contribution in [0.3, 0.4) is 0 Å². The van der Waals surface area contributed by atoms with Gasteiger partial charge in [0.1, 0.15) is 5.56 Å². The van der Waals surface area contributed by atoms with Crippen LogP contribution in [0.2, 0.25) is 0 Å². The van der Waals surface area contributed by atoms with Crippen molar-refractivity contribution in [3.8, 4) is 11.5 Å². The Hall–Kier alpha value is -3.55. The van der Waals surface area contributed by atoms with Crippen LogP contribution < -0.4 is 14.8 Å². The molecule has 0 aliphatic carbocycles. The predicted molar refractivity (Wildman–Crippen MR) is 106 cm³/mol. The van der Waals surface area contributed by atoms with Gasteiger partial charge in [0.2, 0.25) is 0 Å². The van der Waals surface area contributed by atoms with Crippen LogP contribution in [0.5, 0.6) is 11.5 Å². The van der Waals surface area contributed by atoms with Gasteiger partial charge in [0, 0.05) is 35.4 Å². The van der Waals surface area contributed by atoms with E-state index in [2.05, 4.69) is 16.8 Å². The molecule has 1 amide bonds. The second-order valence-corrected chi connectivity index (χ2v) is 6.22. The third-order valence-corrected chi connectivity index (χ3v) is 4.44. The zero-order valence-corrected chi connectivity index (χ0v) is 15.9. The molecule has 8 nitrogen and oxygen atoms in total. The second kappa shape index (κ2) is 7.99. The number of carbonyl (C=O) groups is 1. The highest BCUT2D eigenvalue weighted by atomic mass is 16.6. The molecule has 1 heterocycles. The third-order valence-electron chi connectivity index (χ3n) is 4.44. The van der Waals surface area contributed by atoms with E-state index >= 15 is 0 Å². The summed E-state index contributed by atoms with van der Waals surface area (Å²) >= 11 is 0. The summed E-state index contributed by atoms with van der Waals surface area (Å²) in [4.78, 5) is 23.5. The standard InChI is InChI=1S/C20H21N3O5/c1-4-8-22-9-7-13-10-14(5-6-16(13)22)21-20(24)15-11-18(27-2)19(28-3)12-17(15)23(25)26/h5-7,9-12H,4,8H2,1-3H3,(H,21,24). The molecule has 3 rings (SSSR count). The Morgan fingerprint density at radius 2 is 1.86 bits per heavy atom. The molecular formula is C20H21N3O5. The average Bonchev–Trinajstić information content (AvgIpc) is 3.09. The summed E-state index contributed by atoms with van der Waals surface area (Å²) in [6.45, 7) is 3.02. The molecule has 0 fully saturated rings. The summed E-state index contributed by atoms with van der Waals surface area (Å²) in [7, 11) is 2.78. The number of fused-ring (bicyclic) bond motifs is 1. The number of nitrogens with zero attached hydrogens (tertiary/aromatic N) is 2. The van der Waals surface area contributed by atoms with Gasteiger partial charge >= 0.3 is 0 Å². The summed E-state index contributed by atoms with van der Waals surface area (Å²) < 4.78 is 12.4. The number of methoxy groups -OCH3 is 2. The van der Waals surface area contributed by atoms with Crippen molar-refractivity contribution in [2.75, 3.05) is 19.5 Å². The first-order valence-electron chi connectivity index (χ1n) is 8.79. The van der Waals surface area contributed by atoms with Crippen molar-refractivity contribution < 1.29 is 19.2 Å². The normalized spacial score (nSPS) is 10.7. The molecule has 0 aliphatic heterocycles. The zero-order valence-electron chi connectivity index (χ0n) is 15.9. The van der Waals surface area contributed by atoms with Crippen LogP contribution in [0.1, 0.15) is 23.7 Å². The Balaban J connectivity index is 1.94. The maximum atomic E-state index is 12.7. The van der Waals surface area contributed by atoms with Gasteiger partial charge in [-0.05, 0) is 30.7 Å². The Kier molecular flexibility index (Phi) is 5.49. The molecule has 8 heteroatoms. The summed E-state index contributed by atoms with van der Waals surface area (Å²) in [6, 6.07) is 10.00. The number of aromatic nitrogens is 1. The van der Waals surface area contributed by atoms with E-state index in [-0.39, 0.29) is 22.7 Å². The summed E-state index contributed by atoms with van der Waals surface area (Å²) in [5.41, 5.74) is 1.16. The van der Waals surface area contributed by atoms with Crippen LogP contribution >= 0.6 is 0 Å². The number of ether oxygens (including phenoxy) is 2. The minimum atomic E-state index is -0.620. The Morgan fingerprint density at radius 3 is 2.50 bits per heavy atom. The molecule has 28 heavy (non-hydrogen) atoms. The van der Waals surface area contributed by atoms with E-state index in [1.807, 2.05) is 24.4 Å². The molecule has 0 radical (unpaired) electrons. The highest BCUT2D eigenvalue weighted by Gasteiger charge is 2.24. The average molecular weight is 383 g/mol. The highest BCUT2D eigenvalue weighted by Crippen LogP contribution is 2.35. The summed E-state index contributed by atoms with van der Waals surface area (Å²) in [5, 5.41) is 15.1. The minimum Gasteiger partial charge on any atom is -0.493 e. The molecule has 0 saturated heterocycles. The van der Waals surface area contributed by atoms with Gasteiger partial charge in [0.05, 0.1) is 25.2 Å². The topological polar surface area (TPSA) is 95.6 Å². The maximum absolute atomic E-state index is 12.7. The summed E-state index contributed by atoms with van der Waals surface area (Å²) in [6.07, 6.45) is 3.02. The van der Waals surface area contributed by atoms with Gasteiger partial charge in [-0.3, -0.25) is 14.9 Å². The number of amides is 1. The molecular weight excluding hydrogens is 362 g/mol. The first-order chi connectivity index (χ1) is 13.5. The van der Waals surface area contributed by atoms with Crippen molar-refractivity contribution >= 4 is 28.2 Å². The van der Waals surface area contributed by atoms with E-state index in [1.165, 1.54) is 26.4 Å². The van der Waals surface area contributed by atoms with Crippen LogP contribution in [-0.2, 0) is 6.54 Å². The van der Waals surface area contributed by atoms with E-state index in [1.54, 1.807) is 6.07 Å². The SMILES string of the molecule is CCCn1ccc2cc(NC(=O)c3cc(OC)c(OC)cc3[N+](=O)[O-])ccc21. The fourth-order valence-corrected chi connectivity index (χ4v) is 3.11. The van der Waals surface area contributed by atoms with Crippen molar-refractivity contribution in [1.29, 1.82) is 0 Å². The van der Waals surface area contributed by atoms with E-state index in [4.69, 9.17) is 9.47 Å². The number of nitro groups is 1. The molecule has 2 aromatic carbocycles. The number of carbonyl (C=O) groups excluding carboxylic acids is 1. The lowest BCUT2D eigenvalue weighted by Gasteiger charge is -2.11. The van der Waals surface area contributed by atoms with E-state index in [0.29, 0.717) is 5.69 Å². The molecule has 146 valence electrons. The third kappa shape index (κ3) is 3.62. The van der Waals surface area contributed by atoms with E-state index < -0.39 is 10.8 Å². The maximum Gasteiger partial charge on any atom is 0.286 e. The number of benzene rings is 2. The summed E-state index contributed by atoms with van der Waals surface area (Å²) in [5.74, 6) is -0.172. The number of hydrogen-bond donors (Lipinski definition) is 1. The van der Waals surface area contributed by atoms with Gasteiger partial charge in [-0.1, -0.05) is 6.92 Å². The van der Waals surface area contributed by atoms with Crippen molar-refractivity contribution in [2.24, 2.45) is 0 Å². The lowest BCUT2D eigenvalue weighted by molar-refractivity contribution is -0.385. The largest absolute Gasteiger partial charge is 0.493 e. The number of aryl methyl sites for hydroxylation is 1. The second-order valence-electron chi connectivity index (χ2n) is 6.22. The van der Waals surface area contributed by atoms with Crippen molar-refractivity contribution in [3.05, 3.63) is 58.3 Å². The van der Waals surface area contributed by atoms with Gasteiger partial charge in [0.15, 0.2) is 11.5 Å². The van der Waals surface area contributed by atoms with Crippen LogP contribution in [-0.4, -0.2) is 29.6 Å². The van der Waals surface area contributed by atoms with Crippen molar-refractivity contribution in [1.82, 2.24) is 4.57 Å². The Bertz CT molecular complexity index is 1040. The number of nitro benzene ring substituents is 1. The van der Waals surface area contributed by atoms with Crippen LogP contribution in [0, 0.1) is 10.1 Å². The number of anilines is 1. The van der Waals surface area contributed by atoms with Gasteiger partial charge in [-0.25, -0.2) is 0 Å². The van der Waals surface area contributed by atoms with Gasteiger partial charge in [-0.15, -0.1) is 0 Å². The first kappa shape index (κ1) is 19.2. The zero-order chi connectivity index (χ0) is 20.3. The van der Waals surface area contributed by atoms with E-state index in [0.717, 1.165) is 23.9 Å². The minimum absolute atomic E-state index is 0.105. The number of hydrogen-bond acceptors (Lipinski definition) is 5. The number of rotatable bonds is 7. The molecule has 3 aromatic rings. The number of nitrogens with one attached hydrogen (secondary N) is 1. The van der Waals surface area contributed by atoms with Crippen LogP contribution in [0.4, 0.5) is 11.4 Å². The molecule has 0 saturated carbocycles. The van der Waals surface area contributed by atoms with Gasteiger partial charge < -0.3 is 19.4 Å². The van der Waals surface area contributed by atoms with Gasteiger partial charge in [0.25, 0.3) is 11.6 Å². The fourth-order valence-electron chi connectivity index (χ4n) is 3.11. The Labute approximate surface area is 161 Å². The van der Waals surface area contributed by atoms with Crippen molar-refractivity contribution in [3.63, 3.8) is 0 Å². The molecule has 0 aliphatic rings. The van der Waals surface area contributed by atoms with Crippen LogP contribution in [0.15, 0.2) is 42.6 Å². The smallest absolute Gasteiger partial charge is 0.286 e. The molecule has 0 spiro atoms. The molecule has 1 N–H and O–H groups in total. The quantitative estimate of drug-likeness (QED) is 0.487. The molecule has 0 atom stereocenters. The Morgan fingerprint density at radius 1 is 1.14 bits per heavy atom. The first-order valence-corrected chi connectivity index (χ1v) is 8.79. The van der Waals surface area contributed by atoms with Gasteiger partial charge in [-0.2, -0.15) is 0 Å². The van der Waals surface area contributed by atoms with Crippen LogP contribution in [0.25, 0.3) is 10.9 Å². The molecule has 0 bridgehead atoms. The molecule has 0 unspecified atom stereocenters. The van der Waals surface area contributed by atoms with E-state index in [9.17, 15) is 14.9 Å². The lowest BCUT2D eigenvalue weighted by atomic mass is 10.1. The monoisotopic (exact) mass is 383 g/mol. The predicted octanol–water partition coefficient (Wildman–Crippen LogP) is 4.23. The highest BCUT2D eigenvalue weighted by molar-refractivity contribution is 6.08. The molecule has 1 aromatic heterocycles.